The van der Waals surface area contributed by atoms with E-state index in [-0.39, 0.29) is 17.2 Å². The number of nitrogens with one attached hydrogen (secondary N) is 1. The summed E-state index contributed by atoms with van der Waals surface area (Å²) < 4.78 is 0. The molecule has 2 aromatic carbocycles. The van der Waals surface area contributed by atoms with Crippen LogP contribution in [0.5, 0.6) is 0 Å². The van der Waals surface area contributed by atoms with E-state index in [2.05, 4.69) is 20.3 Å². The molecule has 0 saturated carbocycles. The molecule has 1 saturated heterocycles. The van der Waals surface area contributed by atoms with E-state index < -0.39 is 11.9 Å². The van der Waals surface area contributed by atoms with Crippen LogP contribution in [0.15, 0.2) is 58.6 Å². The van der Waals surface area contributed by atoms with Gasteiger partial charge >= 0.3 is 0 Å². The van der Waals surface area contributed by atoms with E-state index in [9.17, 15) is 9.59 Å². The molecule has 1 fully saturated rings. The number of azide groups is 1. The van der Waals surface area contributed by atoms with E-state index in [0.717, 1.165) is 17.1 Å². The third-order valence-electron chi connectivity index (χ3n) is 4.71. The van der Waals surface area contributed by atoms with Crippen molar-refractivity contribution in [2.24, 2.45) is 10.1 Å². The predicted molar refractivity (Wildman–Crippen MR) is 99.8 cm³/mol. The normalized spacial score (nSPS) is 17.9. The Bertz CT molecular complexity index is 1010. The van der Waals surface area contributed by atoms with E-state index in [1.54, 1.807) is 29.2 Å². The number of piperidine rings is 1. The molecule has 2 aliphatic heterocycles. The summed E-state index contributed by atoms with van der Waals surface area (Å²) in [6.45, 7) is 0.454. The molecule has 0 unspecified atom stereocenters. The molecular formula is C19H16N6O2. The average Bonchev–Trinajstić information content (AvgIpc) is 2.69. The Kier molecular flexibility index (Phi) is 4.32. The topological polar surface area (TPSA) is 111 Å². The fraction of sp³-hybridized carbons (Fsp3) is 0.211. The van der Waals surface area contributed by atoms with Crippen LogP contribution in [-0.4, -0.2) is 28.6 Å². The Morgan fingerprint density at radius 3 is 2.85 bits per heavy atom. The van der Waals surface area contributed by atoms with Crippen molar-refractivity contribution in [2.45, 2.75) is 25.4 Å². The van der Waals surface area contributed by atoms with Gasteiger partial charge in [-0.25, -0.2) is 4.99 Å². The van der Waals surface area contributed by atoms with E-state index in [4.69, 9.17) is 5.53 Å². The van der Waals surface area contributed by atoms with Crippen molar-refractivity contribution in [2.75, 3.05) is 0 Å². The molecule has 8 heteroatoms. The summed E-state index contributed by atoms with van der Waals surface area (Å²) in [5.74, 6) is 0.122. The summed E-state index contributed by atoms with van der Waals surface area (Å²) in [7, 11) is 0. The maximum Gasteiger partial charge on any atom is 0.252 e. The Balaban J connectivity index is 1.54. The minimum atomic E-state index is -0.638. The van der Waals surface area contributed by atoms with Crippen LogP contribution in [0.4, 0.5) is 11.4 Å². The van der Waals surface area contributed by atoms with Gasteiger partial charge in [-0.3, -0.25) is 14.5 Å². The molecule has 1 atom stereocenters. The van der Waals surface area contributed by atoms with Gasteiger partial charge in [-0.1, -0.05) is 41.5 Å². The standard InChI is InChI=1S/C19H16N6O2/c20-24-23-15-8-4-2-6-13(15)18(26)22-16-9-10-17-21-14-7-3-1-5-12(14)11-25(17)19(16)27/h1-8,16H,9-11H2,(H,22,26)/t16-/m0/s1. The summed E-state index contributed by atoms with van der Waals surface area (Å²) in [4.78, 5) is 34.5. The van der Waals surface area contributed by atoms with Gasteiger partial charge < -0.3 is 5.32 Å². The SMILES string of the molecule is [N-]=[N+]=Nc1ccccc1C(=O)N[C@H]1CCC2=Nc3ccccc3CN2C1=O. The zero-order chi connectivity index (χ0) is 18.8. The highest BCUT2D eigenvalue weighted by Gasteiger charge is 2.36. The Labute approximate surface area is 155 Å². The minimum absolute atomic E-state index is 0.177. The van der Waals surface area contributed by atoms with Crippen LogP contribution in [0, 0.1) is 0 Å². The van der Waals surface area contributed by atoms with Gasteiger partial charge in [0.2, 0.25) is 0 Å². The zero-order valence-corrected chi connectivity index (χ0v) is 14.4. The highest BCUT2D eigenvalue weighted by atomic mass is 16.2. The molecule has 0 aliphatic carbocycles. The number of nitrogens with zero attached hydrogens (tertiary/aromatic N) is 5. The fourth-order valence-electron chi connectivity index (χ4n) is 3.37. The molecule has 27 heavy (non-hydrogen) atoms. The van der Waals surface area contributed by atoms with Crippen molar-refractivity contribution in [1.29, 1.82) is 0 Å². The second-order valence-electron chi connectivity index (χ2n) is 6.35. The summed E-state index contributed by atoms with van der Waals surface area (Å²) in [6.07, 6.45) is 1.08. The number of benzene rings is 2. The van der Waals surface area contributed by atoms with Crippen LogP contribution in [0.25, 0.3) is 10.4 Å². The van der Waals surface area contributed by atoms with Crippen LogP contribution in [-0.2, 0) is 11.3 Å². The van der Waals surface area contributed by atoms with E-state index in [1.165, 1.54) is 0 Å². The fourth-order valence-corrected chi connectivity index (χ4v) is 3.37. The molecule has 2 amide bonds. The maximum atomic E-state index is 12.9. The van der Waals surface area contributed by atoms with Gasteiger partial charge in [0.05, 0.1) is 17.9 Å². The minimum Gasteiger partial charge on any atom is -0.340 e. The van der Waals surface area contributed by atoms with Crippen molar-refractivity contribution in [3.05, 3.63) is 70.1 Å². The molecule has 2 aromatic rings. The zero-order valence-electron chi connectivity index (χ0n) is 14.4. The van der Waals surface area contributed by atoms with Crippen LogP contribution in [0.3, 0.4) is 0 Å². The number of amides is 2. The number of rotatable bonds is 3. The number of carbonyl (C=O) groups is 2. The number of amidine groups is 1. The van der Waals surface area contributed by atoms with Crippen LogP contribution >= 0.6 is 0 Å². The Morgan fingerprint density at radius 1 is 1.22 bits per heavy atom. The van der Waals surface area contributed by atoms with Gasteiger partial charge in [0.1, 0.15) is 11.9 Å². The molecule has 2 aliphatic rings. The van der Waals surface area contributed by atoms with Crippen molar-refractivity contribution in [1.82, 2.24) is 10.2 Å². The van der Waals surface area contributed by atoms with E-state index >= 15 is 0 Å². The lowest BCUT2D eigenvalue weighted by Gasteiger charge is -2.36. The first-order valence-electron chi connectivity index (χ1n) is 8.59. The van der Waals surface area contributed by atoms with Gasteiger partial charge in [-0.05, 0) is 29.6 Å². The molecule has 0 bridgehead atoms. The summed E-state index contributed by atoms with van der Waals surface area (Å²) >= 11 is 0. The lowest BCUT2D eigenvalue weighted by atomic mass is 9.99. The van der Waals surface area contributed by atoms with Crippen molar-refractivity contribution in [3.8, 4) is 0 Å². The van der Waals surface area contributed by atoms with Crippen molar-refractivity contribution in [3.63, 3.8) is 0 Å². The average molecular weight is 360 g/mol. The smallest absolute Gasteiger partial charge is 0.252 e. The summed E-state index contributed by atoms with van der Waals surface area (Å²) in [6, 6.07) is 13.6. The quantitative estimate of drug-likeness (QED) is 0.512. The largest absolute Gasteiger partial charge is 0.340 e. The third kappa shape index (κ3) is 3.14. The lowest BCUT2D eigenvalue weighted by Crippen LogP contribution is -2.54. The third-order valence-corrected chi connectivity index (χ3v) is 4.71. The molecule has 0 spiro atoms. The monoisotopic (exact) mass is 360 g/mol. The Morgan fingerprint density at radius 2 is 2.00 bits per heavy atom. The summed E-state index contributed by atoms with van der Waals surface area (Å²) in [5.41, 5.74) is 11.0. The van der Waals surface area contributed by atoms with Crippen LogP contribution in [0.2, 0.25) is 0 Å². The van der Waals surface area contributed by atoms with Crippen LogP contribution in [0.1, 0.15) is 28.8 Å². The number of carbonyl (C=O) groups excluding carboxylic acids is 2. The van der Waals surface area contributed by atoms with Gasteiger partial charge in [0.15, 0.2) is 0 Å². The molecule has 1 N–H and O–H groups in total. The maximum absolute atomic E-state index is 12.9. The van der Waals surface area contributed by atoms with Crippen LogP contribution < -0.4 is 5.32 Å². The van der Waals surface area contributed by atoms with E-state index in [0.29, 0.717) is 19.4 Å². The number of aliphatic imine (C=N–C) groups is 1. The van der Waals surface area contributed by atoms with Gasteiger partial charge in [0, 0.05) is 16.9 Å². The molecular weight excluding hydrogens is 344 g/mol. The molecule has 4 rings (SSSR count). The number of fused-ring (bicyclic) bond motifs is 2. The predicted octanol–water partition coefficient (Wildman–Crippen LogP) is 3.59. The highest BCUT2D eigenvalue weighted by molar-refractivity contribution is 6.07. The van der Waals surface area contributed by atoms with Crippen molar-refractivity contribution < 1.29 is 9.59 Å². The lowest BCUT2D eigenvalue weighted by molar-refractivity contribution is -0.131. The second-order valence-corrected chi connectivity index (χ2v) is 6.35. The van der Waals surface area contributed by atoms with E-state index in [1.807, 2.05) is 24.3 Å². The molecule has 134 valence electrons. The highest BCUT2D eigenvalue weighted by Crippen LogP contribution is 2.30. The first kappa shape index (κ1) is 16.8. The molecule has 0 aromatic heterocycles. The molecule has 2 heterocycles. The molecule has 8 nitrogen and oxygen atoms in total. The molecule has 0 radical (unpaired) electrons. The van der Waals surface area contributed by atoms with Gasteiger partial charge in [-0.2, -0.15) is 0 Å². The summed E-state index contributed by atoms with van der Waals surface area (Å²) in [5, 5.41) is 6.31. The first-order chi connectivity index (χ1) is 13.2. The van der Waals surface area contributed by atoms with Gasteiger partial charge in [0.25, 0.3) is 11.8 Å². The van der Waals surface area contributed by atoms with Gasteiger partial charge in [-0.15, -0.1) is 0 Å². The number of para-hydroxylation sites is 1. The number of hydrogen-bond donors (Lipinski definition) is 1. The van der Waals surface area contributed by atoms with Crippen molar-refractivity contribution >= 4 is 29.0 Å². The second kappa shape index (κ2) is 6.93. The number of hydrogen-bond acceptors (Lipinski definition) is 4. The Hall–Kier alpha value is -3.64. The first-order valence-corrected chi connectivity index (χ1v) is 8.59.